The van der Waals surface area contributed by atoms with Gasteiger partial charge < -0.3 is 16.2 Å². The standard InChI is InChI=1S/C13H13ClN4O2/c14-9-3-1-8(2-4-9)10-7-17-11(12(15)20)13(18-10)16-5-6-19/h1-4,7,19H,5-6H2,(H2,15,20)(H,16,18). The molecule has 2 rings (SSSR count). The molecule has 1 heterocycles. The summed E-state index contributed by atoms with van der Waals surface area (Å²) in [5, 5.41) is 12.3. The molecule has 1 amide bonds. The summed E-state index contributed by atoms with van der Waals surface area (Å²) < 4.78 is 0. The quantitative estimate of drug-likeness (QED) is 0.771. The Bertz CT molecular complexity index is 616. The lowest BCUT2D eigenvalue weighted by atomic mass is 10.1. The number of rotatable bonds is 5. The average Bonchev–Trinajstić information content (AvgIpc) is 2.45. The van der Waals surface area contributed by atoms with Crippen LogP contribution in [0.4, 0.5) is 5.82 Å². The van der Waals surface area contributed by atoms with Gasteiger partial charge in [0.05, 0.1) is 18.5 Å². The molecular formula is C13H13ClN4O2. The van der Waals surface area contributed by atoms with Gasteiger partial charge in [-0.05, 0) is 12.1 Å². The molecule has 1 aromatic heterocycles. The van der Waals surface area contributed by atoms with Gasteiger partial charge in [0.2, 0.25) is 0 Å². The van der Waals surface area contributed by atoms with E-state index < -0.39 is 5.91 Å². The fraction of sp³-hybridized carbons (Fsp3) is 0.154. The van der Waals surface area contributed by atoms with Crippen molar-refractivity contribution in [2.75, 3.05) is 18.5 Å². The van der Waals surface area contributed by atoms with Crippen molar-refractivity contribution in [2.24, 2.45) is 5.73 Å². The van der Waals surface area contributed by atoms with Crippen LogP contribution in [0.2, 0.25) is 5.02 Å². The van der Waals surface area contributed by atoms with Crippen molar-refractivity contribution < 1.29 is 9.90 Å². The Balaban J connectivity index is 2.40. The van der Waals surface area contributed by atoms with Gasteiger partial charge >= 0.3 is 0 Å². The van der Waals surface area contributed by atoms with Gasteiger partial charge in [0, 0.05) is 17.1 Å². The predicted octanol–water partition coefficient (Wildman–Crippen LogP) is 1.30. The highest BCUT2D eigenvalue weighted by molar-refractivity contribution is 6.30. The highest BCUT2D eigenvalue weighted by atomic mass is 35.5. The smallest absolute Gasteiger partial charge is 0.271 e. The number of nitrogens with zero attached hydrogens (tertiary/aromatic N) is 2. The van der Waals surface area contributed by atoms with E-state index in [9.17, 15) is 4.79 Å². The van der Waals surface area contributed by atoms with Gasteiger partial charge in [-0.2, -0.15) is 0 Å². The van der Waals surface area contributed by atoms with E-state index in [0.29, 0.717) is 10.7 Å². The normalized spacial score (nSPS) is 10.3. The first kappa shape index (κ1) is 14.2. The zero-order valence-corrected chi connectivity index (χ0v) is 11.3. The molecule has 0 spiro atoms. The third kappa shape index (κ3) is 3.23. The van der Waals surface area contributed by atoms with Crippen LogP contribution in [0.5, 0.6) is 0 Å². The number of primary amides is 1. The number of hydrogen-bond donors (Lipinski definition) is 3. The Morgan fingerprint density at radius 3 is 2.65 bits per heavy atom. The van der Waals surface area contributed by atoms with Crippen molar-refractivity contribution in [1.82, 2.24) is 9.97 Å². The van der Waals surface area contributed by atoms with Crippen molar-refractivity contribution in [3.05, 3.63) is 41.2 Å². The number of carbonyl (C=O) groups excluding carboxylic acids is 1. The molecule has 0 aliphatic rings. The van der Waals surface area contributed by atoms with Gasteiger partial charge in [0.15, 0.2) is 11.5 Å². The summed E-state index contributed by atoms with van der Waals surface area (Å²) in [6.45, 7) is 0.157. The summed E-state index contributed by atoms with van der Waals surface area (Å²) >= 11 is 5.83. The number of benzene rings is 1. The Morgan fingerprint density at radius 2 is 2.05 bits per heavy atom. The lowest BCUT2D eigenvalue weighted by Gasteiger charge is -2.09. The van der Waals surface area contributed by atoms with Gasteiger partial charge in [0.25, 0.3) is 5.91 Å². The van der Waals surface area contributed by atoms with Crippen LogP contribution >= 0.6 is 11.6 Å². The van der Waals surface area contributed by atoms with Gasteiger partial charge in [-0.3, -0.25) is 4.79 Å². The molecule has 20 heavy (non-hydrogen) atoms. The molecule has 6 nitrogen and oxygen atoms in total. The third-order valence-corrected chi connectivity index (χ3v) is 2.80. The van der Waals surface area contributed by atoms with E-state index in [1.165, 1.54) is 6.20 Å². The second kappa shape index (κ2) is 6.31. The monoisotopic (exact) mass is 292 g/mol. The number of hydrogen-bond acceptors (Lipinski definition) is 5. The minimum atomic E-state index is -0.680. The molecule has 104 valence electrons. The Morgan fingerprint density at radius 1 is 1.35 bits per heavy atom. The number of halogens is 1. The predicted molar refractivity (Wildman–Crippen MR) is 76.6 cm³/mol. The second-order valence-corrected chi connectivity index (χ2v) is 4.41. The zero-order valence-electron chi connectivity index (χ0n) is 10.5. The first-order valence-electron chi connectivity index (χ1n) is 5.89. The molecule has 2 aromatic rings. The molecule has 0 saturated heterocycles. The van der Waals surface area contributed by atoms with Crippen LogP contribution in [0.3, 0.4) is 0 Å². The number of nitrogens with one attached hydrogen (secondary N) is 1. The summed E-state index contributed by atoms with van der Waals surface area (Å²) in [7, 11) is 0. The van der Waals surface area contributed by atoms with Crippen LogP contribution in [-0.4, -0.2) is 34.1 Å². The maximum atomic E-state index is 11.3. The van der Waals surface area contributed by atoms with Gasteiger partial charge in [-0.25, -0.2) is 9.97 Å². The number of aromatic nitrogens is 2. The van der Waals surface area contributed by atoms with Crippen LogP contribution < -0.4 is 11.1 Å². The highest BCUT2D eigenvalue weighted by Crippen LogP contribution is 2.21. The number of anilines is 1. The molecule has 0 atom stereocenters. The number of nitrogens with two attached hydrogens (primary N) is 1. The van der Waals surface area contributed by atoms with Crippen molar-refractivity contribution in [2.45, 2.75) is 0 Å². The van der Waals surface area contributed by atoms with E-state index in [0.717, 1.165) is 5.56 Å². The lowest BCUT2D eigenvalue weighted by Crippen LogP contribution is -2.19. The molecule has 0 bridgehead atoms. The number of carbonyl (C=O) groups is 1. The minimum absolute atomic E-state index is 0.0381. The summed E-state index contributed by atoms with van der Waals surface area (Å²) in [4.78, 5) is 19.6. The molecule has 0 saturated carbocycles. The fourth-order valence-corrected chi connectivity index (χ4v) is 1.75. The topological polar surface area (TPSA) is 101 Å². The maximum absolute atomic E-state index is 11.3. The van der Waals surface area contributed by atoms with Crippen molar-refractivity contribution >= 4 is 23.3 Å². The minimum Gasteiger partial charge on any atom is -0.395 e. The Hall–Kier alpha value is -2.18. The number of aliphatic hydroxyl groups is 1. The highest BCUT2D eigenvalue weighted by Gasteiger charge is 2.13. The zero-order chi connectivity index (χ0) is 14.5. The molecule has 0 unspecified atom stereocenters. The first-order valence-corrected chi connectivity index (χ1v) is 6.27. The SMILES string of the molecule is NC(=O)c1ncc(-c2ccc(Cl)cc2)nc1NCCO. The van der Waals surface area contributed by atoms with E-state index in [-0.39, 0.29) is 24.7 Å². The Kier molecular flexibility index (Phi) is 4.49. The van der Waals surface area contributed by atoms with Crippen LogP contribution in [0, 0.1) is 0 Å². The Labute approximate surface area is 120 Å². The number of aliphatic hydroxyl groups excluding tert-OH is 1. The van der Waals surface area contributed by atoms with Crippen LogP contribution in [0.25, 0.3) is 11.3 Å². The van der Waals surface area contributed by atoms with E-state index in [1.54, 1.807) is 24.3 Å². The second-order valence-electron chi connectivity index (χ2n) is 3.97. The maximum Gasteiger partial charge on any atom is 0.271 e. The first-order chi connectivity index (χ1) is 9.61. The summed E-state index contributed by atoms with van der Waals surface area (Å²) in [5.41, 5.74) is 6.66. The third-order valence-electron chi connectivity index (χ3n) is 2.55. The molecule has 0 radical (unpaired) electrons. The van der Waals surface area contributed by atoms with E-state index in [2.05, 4.69) is 15.3 Å². The van der Waals surface area contributed by atoms with Crippen LogP contribution in [0.1, 0.15) is 10.5 Å². The molecule has 1 aromatic carbocycles. The van der Waals surface area contributed by atoms with Gasteiger partial charge in [-0.15, -0.1) is 0 Å². The van der Waals surface area contributed by atoms with E-state index in [4.69, 9.17) is 22.4 Å². The summed E-state index contributed by atoms with van der Waals surface area (Å²) in [5.74, 6) is -0.431. The number of amides is 1. The van der Waals surface area contributed by atoms with Crippen LogP contribution in [0.15, 0.2) is 30.5 Å². The lowest BCUT2D eigenvalue weighted by molar-refractivity contribution is 0.0996. The largest absolute Gasteiger partial charge is 0.395 e. The van der Waals surface area contributed by atoms with Crippen LogP contribution in [-0.2, 0) is 0 Å². The fourth-order valence-electron chi connectivity index (χ4n) is 1.63. The molecule has 4 N–H and O–H groups in total. The average molecular weight is 293 g/mol. The van der Waals surface area contributed by atoms with Crippen molar-refractivity contribution in [3.8, 4) is 11.3 Å². The molecule has 0 fully saturated rings. The van der Waals surface area contributed by atoms with Crippen molar-refractivity contribution in [1.29, 1.82) is 0 Å². The molecular weight excluding hydrogens is 280 g/mol. The van der Waals surface area contributed by atoms with Crippen molar-refractivity contribution in [3.63, 3.8) is 0 Å². The molecule has 0 aliphatic carbocycles. The van der Waals surface area contributed by atoms with E-state index in [1.807, 2.05) is 0 Å². The van der Waals surface area contributed by atoms with Gasteiger partial charge in [-0.1, -0.05) is 23.7 Å². The summed E-state index contributed by atoms with van der Waals surface area (Å²) in [6.07, 6.45) is 1.47. The molecule has 0 aliphatic heterocycles. The van der Waals surface area contributed by atoms with E-state index >= 15 is 0 Å². The van der Waals surface area contributed by atoms with Gasteiger partial charge in [0.1, 0.15) is 0 Å². The molecule has 7 heteroatoms. The summed E-state index contributed by atoms with van der Waals surface area (Å²) in [6, 6.07) is 7.07.